The summed E-state index contributed by atoms with van der Waals surface area (Å²) >= 11 is 1.37. The van der Waals surface area contributed by atoms with E-state index in [4.69, 9.17) is 11.1 Å². The molecule has 50 valence electrons. The van der Waals surface area contributed by atoms with Crippen molar-refractivity contribution in [1.82, 2.24) is 0 Å². The van der Waals surface area contributed by atoms with E-state index in [0.717, 1.165) is 4.88 Å². The van der Waals surface area contributed by atoms with Crippen LogP contribution in [-0.4, -0.2) is 6.21 Å². The van der Waals surface area contributed by atoms with Gasteiger partial charge in [0.1, 0.15) is 10.9 Å². The first-order chi connectivity index (χ1) is 4.86. The molecule has 4 heteroatoms. The van der Waals surface area contributed by atoms with Gasteiger partial charge in [-0.3, -0.25) is 0 Å². The third kappa shape index (κ3) is 1.33. The van der Waals surface area contributed by atoms with Crippen molar-refractivity contribution in [3.05, 3.63) is 21.9 Å². The molecule has 1 aromatic rings. The summed E-state index contributed by atoms with van der Waals surface area (Å²) in [5.74, 6) is 4.90. The Hall–Kier alpha value is -1.34. The number of nitrogens with two attached hydrogens (primary N) is 1. The summed E-state index contributed by atoms with van der Waals surface area (Å²) in [5.41, 5.74) is 0. The van der Waals surface area contributed by atoms with E-state index >= 15 is 0 Å². The summed E-state index contributed by atoms with van der Waals surface area (Å²) in [6.07, 6.45) is 1.52. The molecule has 1 rings (SSSR count). The molecule has 0 saturated carbocycles. The van der Waals surface area contributed by atoms with E-state index in [1.165, 1.54) is 17.6 Å². The van der Waals surface area contributed by atoms with Crippen molar-refractivity contribution in [2.45, 2.75) is 0 Å². The molecular formula is C6H5N3S. The van der Waals surface area contributed by atoms with Gasteiger partial charge >= 0.3 is 0 Å². The molecule has 0 atom stereocenters. The molecule has 0 aliphatic carbocycles. The molecule has 0 radical (unpaired) electrons. The molecule has 0 unspecified atom stereocenters. The van der Waals surface area contributed by atoms with Gasteiger partial charge in [-0.25, -0.2) is 0 Å². The molecule has 1 heterocycles. The first kappa shape index (κ1) is 6.78. The topological polar surface area (TPSA) is 62.2 Å². The third-order valence-corrected chi connectivity index (χ3v) is 1.86. The maximum absolute atomic E-state index is 8.40. The maximum atomic E-state index is 8.40. The second-order valence-electron chi connectivity index (χ2n) is 1.59. The van der Waals surface area contributed by atoms with Gasteiger partial charge in [0.2, 0.25) is 0 Å². The fourth-order valence-corrected chi connectivity index (χ4v) is 1.24. The van der Waals surface area contributed by atoms with Crippen molar-refractivity contribution >= 4 is 17.6 Å². The highest BCUT2D eigenvalue weighted by Gasteiger charge is 1.93. The largest absolute Gasteiger partial charge is 0.323 e. The molecule has 1 aromatic heterocycles. The highest BCUT2D eigenvalue weighted by molar-refractivity contribution is 7.14. The molecule has 0 aliphatic heterocycles. The van der Waals surface area contributed by atoms with Crippen molar-refractivity contribution in [2.24, 2.45) is 10.9 Å². The molecule has 0 fully saturated rings. The Balaban J connectivity index is 2.91. The Morgan fingerprint density at radius 3 is 3.00 bits per heavy atom. The van der Waals surface area contributed by atoms with E-state index in [-0.39, 0.29) is 0 Å². The smallest absolute Gasteiger partial charge is 0.110 e. The lowest BCUT2D eigenvalue weighted by Gasteiger charge is -1.75. The highest BCUT2D eigenvalue weighted by Crippen LogP contribution is 2.12. The van der Waals surface area contributed by atoms with Crippen LogP contribution in [0.5, 0.6) is 0 Å². The van der Waals surface area contributed by atoms with Gasteiger partial charge in [-0.2, -0.15) is 10.4 Å². The summed E-state index contributed by atoms with van der Waals surface area (Å²) in [4.78, 5) is 1.58. The Morgan fingerprint density at radius 2 is 2.50 bits per heavy atom. The van der Waals surface area contributed by atoms with Crippen molar-refractivity contribution in [3.8, 4) is 6.07 Å². The first-order valence-corrected chi connectivity index (χ1v) is 3.41. The average molecular weight is 151 g/mol. The summed E-state index contributed by atoms with van der Waals surface area (Å²) in [5, 5.41) is 11.7. The van der Waals surface area contributed by atoms with Crippen LogP contribution in [0.15, 0.2) is 17.2 Å². The molecule has 2 N–H and O–H groups in total. The predicted octanol–water partition coefficient (Wildman–Crippen LogP) is 0.912. The lowest BCUT2D eigenvalue weighted by molar-refractivity contribution is 1.27. The Morgan fingerprint density at radius 1 is 1.70 bits per heavy atom. The number of thiophene rings is 1. The SMILES string of the molecule is N#Cc1ccc(C=NN)s1. The van der Waals surface area contributed by atoms with Crippen LogP contribution in [0.2, 0.25) is 0 Å². The normalized spacial score (nSPS) is 9.90. The van der Waals surface area contributed by atoms with Crippen LogP contribution in [0.4, 0.5) is 0 Å². The summed E-state index contributed by atoms with van der Waals surface area (Å²) < 4.78 is 0. The Bertz CT molecular complexity index is 281. The summed E-state index contributed by atoms with van der Waals surface area (Å²) in [6, 6.07) is 5.56. The number of hydrogen-bond acceptors (Lipinski definition) is 4. The van der Waals surface area contributed by atoms with E-state index in [1.54, 1.807) is 12.1 Å². The van der Waals surface area contributed by atoms with E-state index in [1.807, 2.05) is 6.07 Å². The molecule has 0 aliphatic rings. The number of rotatable bonds is 1. The fraction of sp³-hybridized carbons (Fsp3) is 0. The molecule has 0 amide bonds. The zero-order valence-corrected chi connectivity index (χ0v) is 5.93. The summed E-state index contributed by atoms with van der Waals surface area (Å²) in [6.45, 7) is 0. The van der Waals surface area contributed by atoms with E-state index < -0.39 is 0 Å². The van der Waals surface area contributed by atoms with Crippen molar-refractivity contribution in [2.75, 3.05) is 0 Å². The molecule has 0 saturated heterocycles. The highest BCUT2D eigenvalue weighted by atomic mass is 32.1. The van der Waals surface area contributed by atoms with Gasteiger partial charge in [0, 0.05) is 4.88 Å². The quantitative estimate of drug-likeness (QED) is 0.368. The Labute approximate surface area is 62.4 Å². The van der Waals surface area contributed by atoms with Gasteiger partial charge in [0.25, 0.3) is 0 Å². The van der Waals surface area contributed by atoms with Crippen molar-refractivity contribution in [1.29, 1.82) is 5.26 Å². The molecule has 3 nitrogen and oxygen atoms in total. The third-order valence-electron chi connectivity index (χ3n) is 0.939. The van der Waals surface area contributed by atoms with E-state index in [0.29, 0.717) is 4.88 Å². The van der Waals surface area contributed by atoms with Crippen LogP contribution in [0.25, 0.3) is 0 Å². The zero-order chi connectivity index (χ0) is 7.40. The fourth-order valence-electron chi connectivity index (χ4n) is 0.556. The van der Waals surface area contributed by atoms with Crippen molar-refractivity contribution in [3.63, 3.8) is 0 Å². The van der Waals surface area contributed by atoms with Gasteiger partial charge in [-0.15, -0.1) is 11.3 Å². The summed E-state index contributed by atoms with van der Waals surface area (Å²) in [7, 11) is 0. The second-order valence-corrected chi connectivity index (χ2v) is 2.71. The lowest BCUT2D eigenvalue weighted by Crippen LogP contribution is -1.80. The van der Waals surface area contributed by atoms with Crippen LogP contribution in [0.3, 0.4) is 0 Å². The van der Waals surface area contributed by atoms with Gasteiger partial charge in [0.05, 0.1) is 6.21 Å². The Kier molecular flexibility index (Phi) is 2.03. The predicted molar refractivity (Wildman–Crippen MR) is 40.8 cm³/mol. The van der Waals surface area contributed by atoms with Crippen LogP contribution in [0, 0.1) is 11.3 Å². The van der Waals surface area contributed by atoms with Gasteiger partial charge in [-0.1, -0.05) is 0 Å². The number of nitriles is 1. The molecule has 0 spiro atoms. The molecule has 0 bridgehead atoms. The van der Waals surface area contributed by atoms with E-state index in [2.05, 4.69) is 5.10 Å². The van der Waals surface area contributed by atoms with Crippen LogP contribution < -0.4 is 5.84 Å². The lowest BCUT2D eigenvalue weighted by atomic mass is 10.4. The number of nitrogens with zero attached hydrogens (tertiary/aromatic N) is 2. The average Bonchev–Trinajstić information content (AvgIpc) is 2.37. The minimum Gasteiger partial charge on any atom is -0.323 e. The van der Waals surface area contributed by atoms with Gasteiger partial charge in [-0.05, 0) is 12.1 Å². The van der Waals surface area contributed by atoms with Crippen LogP contribution in [0.1, 0.15) is 9.75 Å². The van der Waals surface area contributed by atoms with E-state index in [9.17, 15) is 0 Å². The minimum absolute atomic E-state index is 0.676. The van der Waals surface area contributed by atoms with Crippen LogP contribution in [-0.2, 0) is 0 Å². The second kappa shape index (κ2) is 2.99. The number of hydrazone groups is 1. The minimum atomic E-state index is 0.676. The monoisotopic (exact) mass is 151 g/mol. The standard InChI is InChI=1S/C6H5N3S/c7-3-5-1-2-6(10-5)4-9-8/h1-2,4H,8H2. The van der Waals surface area contributed by atoms with Gasteiger partial charge in [0.15, 0.2) is 0 Å². The zero-order valence-electron chi connectivity index (χ0n) is 5.11. The first-order valence-electron chi connectivity index (χ1n) is 2.60. The molecule has 0 aromatic carbocycles. The molecular weight excluding hydrogens is 146 g/mol. The van der Waals surface area contributed by atoms with Gasteiger partial charge < -0.3 is 5.84 Å². The van der Waals surface area contributed by atoms with Crippen molar-refractivity contribution < 1.29 is 0 Å². The molecule has 10 heavy (non-hydrogen) atoms. The maximum Gasteiger partial charge on any atom is 0.110 e. The van der Waals surface area contributed by atoms with Crippen LogP contribution >= 0.6 is 11.3 Å². The number of hydrogen-bond donors (Lipinski definition) is 1.